The van der Waals surface area contributed by atoms with Crippen LogP contribution in [0.25, 0.3) is 0 Å². The molecule has 2 aliphatic heterocycles. The Morgan fingerprint density at radius 1 is 1.00 bits per heavy atom. The van der Waals surface area contributed by atoms with E-state index in [-0.39, 0.29) is 6.61 Å². The van der Waals surface area contributed by atoms with Crippen molar-refractivity contribution in [2.75, 3.05) is 24.5 Å². The Labute approximate surface area is 149 Å². The second kappa shape index (κ2) is 6.77. The minimum atomic E-state index is -0.0384. The zero-order valence-electron chi connectivity index (χ0n) is 15.2. The van der Waals surface area contributed by atoms with Crippen LogP contribution < -0.4 is 4.90 Å². The van der Waals surface area contributed by atoms with Crippen LogP contribution in [0.1, 0.15) is 41.2 Å². The van der Waals surface area contributed by atoms with Crippen molar-refractivity contribution in [3.8, 4) is 0 Å². The summed E-state index contributed by atoms with van der Waals surface area (Å²) in [5.74, 6) is 1.63. The Balaban J connectivity index is 1.50. The molecule has 2 aliphatic rings. The molecule has 4 rings (SSSR count). The molecule has 1 fully saturated rings. The number of fused-ring (bicyclic) bond motifs is 1. The second-order valence-corrected chi connectivity index (χ2v) is 7.31. The number of nitrogens with zero attached hydrogens (tertiary/aromatic N) is 5. The smallest absolute Gasteiger partial charge is 0.158 e. The molecule has 1 aromatic heterocycles. The van der Waals surface area contributed by atoms with E-state index in [4.69, 9.17) is 0 Å². The lowest BCUT2D eigenvalue weighted by Crippen LogP contribution is -2.34. The van der Waals surface area contributed by atoms with E-state index in [0.717, 1.165) is 32.0 Å². The number of benzene rings is 1. The van der Waals surface area contributed by atoms with Gasteiger partial charge in [0.15, 0.2) is 5.82 Å². The van der Waals surface area contributed by atoms with Gasteiger partial charge in [-0.3, -0.25) is 4.90 Å². The molecule has 134 valence electrons. The van der Waals surface area contributed by atoms with Gasteiger partial charge in [0.2, 0.25) is 0 Å². The zero-order chi connectivity index (χ0) is 17.4. The Kier molecular flexibility index (Phi) is 4.48. The first-order valence-electron chi connectivity index (χ1n) is 9.25. The predicted octanol–water partition coefficient (Wildman–Crippen LogP) is 2.00. The van der Waals surface area contributed by atoms with Gasteiger partial charge in [-0.1, -0.05) is 6.07 Å². The highest BCUT2D eigenvalue weighted by Gasteiger charge is 2.22. The van der Waals surface area contributed by atoms with Gasteiger partial charge in [-0.15, -0.1) is 10.2 Å². The van der Waals surface area contributed by atoms with Gasteiger partial charge in [-0.2, -0.15) is 0 Å². The van der Waals surface area contributed by atoms with E-state index in [0.29, 0.717) is 5.82 Å². The van der Waals surface area contributed by atoms with E-state index < -0.39 is 0 Å². The van der Waals surface area contributed by atoms with Crippen LogP contribution in [0.3, 0.4) is 0 Å². The molecule has 0 atom stereocenters. The average Bonchev–Trinajstić information content (AvgIpc) is 3.27. The lowest BCUT2D eigenvalue weighted by Gasteiger charge is -2.29. The highest BCUT2D eigenvalue weighted by molar-refractivity contribution is 5.57. The summed E-state index contributed by atoms with van der Waals surface area (Å²) >= 11 is 0. The first-order chi connectivity index (χ1) is 12.2. The summed E-state index contributed by atoms with van der Waals surface area (Å²) in [6.45, 7) is 10.3. The summed E-state index contributed by atoms with van der Waals surface area (Å²) in [6, 6.07) is 4.73. The Bertz CT molecular complexity index is 763. The number of hydrogen-bond donors (Lipinski definition) is 1. The van der Waals surface area contributed by atoms with Gasteiger partial charge in [0.1, 0.15) is 12.4 Å². The standard InChI is InChI=1S/C19H27N5O/c1-14-10-17(23-5-3-4-6-23)15(2)9-16(14)11-22-7-8-24-18(12-22)20-21-19(24)13-25/h9-10,25H,3-8,11-13H2,1-2H3. The van der Waals surface area contributed by atoms with E-state index >= 15 is 0 Å². The molecule has 1 aromatic carbocycles. The summed E-state index contributed by atoms with van der Waals surface area (Å²) in [5, 5.41) is 17.6. The lowest BCUT2D eigenvalue weighted by atomic mass is 10.0. The number of rotatable bonds is 4. The minimum absolute atomic E-state index is 0.0384. The Hall–Kier alpha value is -1.92. The maximum absolute atomic E-state index is 9.33. The van der Waals surface area contributed by atoms with E-state index in [1.54, 1.807) is 0 Å². The molecular formula is C19H27N5O. The van der Waals surface area contributed by atoms with Crippen LogP contribution in [-0.4, -0.2) is 44.4 Å². The third-order valence-electron chi connectivity index (χ3n) is 5.55. The summed E-state index contributed by atoms with van der Waals surface area (Å²) < 4.78 is 2.05. The van der Waals surface area contributed by atoms with Crippen molar-refractivity contribution in [2.24, 2.45) is 0 Å². The summed E-state index contributed by atoms with van der Waals surface area (Å²) in [7, 11) is 0. The molecule has 2 aromatic rings. The first-order valence-corrected chi connectivity index (χ1v) is 9.25. The van der Waals surface area contributed by atoms with Crippen LogP contribution >= 0.6 is 0 Å². The fourth-order valence-corrected chi connectivity index (χ4v) is 4.09. The second-order valence-electron chi connectivity index (χ2n) is 7.31. The van der Waals surface area contributed by atoms with Crippen LogP contribution in [0.2, 0.25) is 0 Å². The third kappa shape index (κ3) is 3.16. The number of aliphatic hydroxyl groups is 1. The fraction of sp³-hybridized carbons (Fsp3) is 0.579. The molecule has 1 saturated heterocycles. The molecule has 0 unspecified atom stereocenters. The summed E-state index contributed by atoms with van der Waals surface area (Å²) in [5.41, 5.74) is 5.56. The van der Waals surface area contributed by atoms with Crippen molar-refractivity contribution in [3.63, 3.8) is 0 Å². The van der Waals surface area contributed by atoms with Crippen molar-refractivity contribution in [1.82, 2.24) is 19.7 Å². The highest BCUT2D eigenvalue weighted by atomic mass is 16.3. The van der Waals surface area contributed by atoms with Gasteiger partial charge in [0.25, 0.3) is 0 Å². The topological polar surface area (TPSA) is 57.4 Å². The van der Waals surface area contributed by atoms with Crippen molar-refractivity contribution in [1.29, 1.82) is 0 Å². The van der Waals surface area contributed by atoms with E-state index in [1.165, 1.54) is 48.3 Å². The molecule has 0 amide bonds. The summed E-state index contributed by atoms with van der Waals surface area (Å²) in [6.07, 6.45) is 2.62. The van der Waals surface area contributed by atoms with Crippen LogP contribution in [0, 0.1) is 13.8 Å². The largest absolute Gasteiger partial charge is 0.388 e. The van der Waals surface area contributed by atoms with Crippen molar-refractivity contribution in [3.05, 3.63) is 40.5 Å². The molecule has 0 spiro atoms. The maximum atomic E-state index is 9.33. The first kappa shape index (κ1) is 16.5. The number of anilines is 1. The number of aromatic nitrogens is 3. The van der Waals surface area contributed by atoms with Crippen molar-refractivity contribution >= 4 is 5.69 Å². The third-order valence-corrected chi connectivity index (χ3v) is 5.55. The molecule has 25 heavy (non-hydrogen) atoms. The molecule has 3 heterocycles. The van der Waals surface area contributed by atoms with Gasteiger partial charge in [0.05, 0.1) is 6.54 Å². The lowest BCUT2D eigenvalue weighted by molar-refractivity contribution is 0.199. The van der Waals surface area contributed by atoms with Crippen molar-refractivity contribution in [2.45, 2.75) is 52.9 Å². The quantitative estimate of drug-likeness (QED) is 0.922. The minimum Gasteiger partial charge on any atom is -0.388 e. The van der Waals surface area contributed by atoms with Crippen LogP contribution in [-0.2, 0) is 26.2 Å². The SMILES string of the molecule is Cc1cc(N2CCCC2)c(C)cc1CN1CCn2c(CO)nnc2C1. The number of aliphatic hydroxyl groups excluding tert-OH is 1. The number of aryl methyl sites for hydroxylation is 2. The van der Waals surface area contributed by atoms with Crippen LogP contribution in [0.4, 0.5) is 5.69 Å². The monoisotopic (exact) mass is 341 g/mol. The number of hydrogen-bond acceptors (Lipinski definition) is 5. The van der Waals surface area contributed by atoms with E-state index in [2.05, 4.69) is 46.0 Å². The molecule has 0 bridgehead atoms. The van der Waals surface area contributed by atoms with Gasteiger partial charge in [-0.25, -0.2) is 0 Å². The predicted molar refractivity (Wildman–Crippen MR) is 97.4 cm³/mol. The van der Waals surface area contributed by atoms with Gasteiger partial charge in [0, 0.05) is 38.4 Å². The molecular weight excluding hydrogens is 314 g/mol. The fourth-order valence-electron chi connectivity index (χ4n) is 4.09. The normalized spacial score (nSPS) is 18.0. The maximum Gasteiger partial charge on any atom is 0.158 e. The van der Waals surface area contributed by atoms with Crippen LogP contribution in [0.5, 0.6) is 0 Å². The Morgan fingerprint density at radius 2 is 1.80 bits per heavy atom. The van der Waals surface area contributed by atoms with Gasteiger partial charge in [-0.05, 0) is 49.4 Å². The molecule has 1 N–H and O–H groups in total. The molecule has 0 radical (unpaired) electrons. The van der Waals surface area contributed by atoms with Gasteiger partial charge >= 0.3 is 0 Å². The Morgan fingerprint density at radius 3 is 2.56 bits per heavy atom. The van der Waals surface area contributed by atoms with Gasteiger partial charge < -0.3 is 14.6 Å². The molecule has 0 aliphatic carbocycles. The zero-order valence-corrected chi connectivity index (χ0v) is 15.2. The van der Waals surface area contributed by atoms with E-state index in [9.17, 15) is 5.11 Å². The highest BCUT2D eigenvalue weighted by Crippen LogP contribution is 2.28. The molecule has 6 nitrogen and oxygen atoms in total. The van der Waals surface area contributed by atoms with E-state index in [1.807, 2.05) is 4.57 Å². The molecule has 6 heteroatoms. The average molecular weight is 341 g/mol. The van der Waals surface area contributed by atoms with Crippen LogP contribution in [0.15, 0.2) is 12.1 Å². The molecule has 0 saturated carbocycles. The summed E-state index contributed by atoms with van der Waals surface area (Å²) in [4.78, 5) is 4.94. The van der Waals surface area contributed by atoms with Crippen molar-refractivity contribution < 1.29 is 5.11 Å².